The molecule has 2 aliphatic rings. The van der Waals surface area contributed by atoms with E-state index in [0.29, 0.717) is 6.04 Å². The molecular weight excluding hydrogens is 278 g/mol. The van der Waals surface area contributed by atoms with Gasteiger partial charge in [-0.05, 0) is 26.3 Å². The maximum absolute atomic E-state index is 4.88. The molecule has 4 rings (SSSR count). The van der Waals surface area contributed by atoms with Gasteiger partial charge in [0.2, 0.25) is 0 Å². The second-order valence-corrected chi connectivity index (χ2v) is 7.00. The second kappa shape index (κ2) is 5.43. The maximum atomic E-state index is 4.88. The summed E-state index contributed by atoms with van der Waals surface area (Å²) in [5.74, 6) is 0. The van der Waals surface area contributed by atoms with Crippen LogP contribution in [0.2, 0.25) is 0 Å². The summed E-state index contributed by atoms with van der Waals surface area (Å²) in [6, 6.07) is 12.0. The minimum Gasteiger partial charge on any atom is -0.346 e. The van der Waals surface area contributed by atoms with Gasteiger partial charge in [-0.2, -0.15) is 0 Å². The van der Waals surface area contributed by atoms with Gasteiger partial charge in [0.1, 0.15) is 0 Å². The number of rotatable bonds is 2. The van der Waals surface area contributed by atoms with Gasteiger partial charge in [0.05, 0.1) is 5.69 Å². The summed E-state index contributed by atoms with van der Waals surface area (Å²) < 4.78 is 0. The highest BCUT2D eigenvalue weighted by Gasteiger charge is 2.35. The molecule has 0 saturated carbocycles. The van der Waals surface area contributed by atoms with Gasteiger partial charge in [0.15, 0.2) is 5.13 Å². The maximum Gasteiger partial charge on any atom is 0.185 e. The SMILES string of the molecule is CN1[C@H]2CC[C@H]1CN(c1nc(-c3ccccc3)cs1)CC2. The van der Waals surface area contributed by atoms with Crippen LogP contribution >= 0.6 is 11.3 Å². The Morgan fingerprint density at radius 1 is 1.10 bits per heavy atom. The third kappa shape index (κ3) is 2.47. The predicted octanol–water partition coefficient (Wildman–Crippen LogP) is 3.48. The van der Waals surface area contributed by atoms with Crippen LogP contribution in [0, 0.1) is 0 Å². The lowest BCUT2D eigenvalue weighted by Crippen LogP contribution is -2.36. The van der Waals surface area contributed by atoms with Crippen molar-refractivity contribution in [2.75, 3.05) is 25.0 Å². The Morgan fingerprint density at radius 2 is 1.90 bits per heavy atom. The molecule has 2 saturated heterocycles. The Kier molecular flexibility index (Phi) is 3.43. The molecular formula is C17H21N3S. The number of aromatic nitrogens is 1. The van der Waals surface area contributed by atoms with Gasteiger partial charge in [-0.1, -0.05) is 30.3 Å². The number of benzene rings is 1. The van der Waals surface area contributed by atoms with E-state index in [1.54, 1.807) is 11.3 Å². The summed E-state index contributed by atoms with van der Waals surface area (Å²) in [6.07, 6.45) is 3.99. The first-order chi connectivity index (χ1) is 10.3. The first-order valence-electron chi connectivity index (χ1n) is 7.79. The van der Waals surface area contributed by atoms with Crippen LogP contribution in [-0.4, -0.2) is 42.1 Å². The van der Waals surface area contributed by atoms with Gasteiger partial charge < -0.3 is 4.90 Å². The Morgan fingerprint density at radius 3 is 2.76 bits per heavy atom. The highest BCUT2D eigenvalue weighted by molar-refractivity contribution is 7.14. The zero-order valence-corrected chi connectivity index (χ0v) is 13.2. The molecule has 21 heavy (non-hydrogen) atoms. The fourth-order valence-corrected chi connectivity index (χ4v) is 4.51. The molecule has 1 aromatic carbocycles. The molecule has 0 aliphatic carbocycles. The minimum absolute atomic E-state index is 0.710. The van der Waals surface area contributed by atoms with Crippen molar-refractivity contribution in [2.24, 2.45) is 0 Å². The summed E-state index contributed by atoms with van der Waals surface area (Å²) >= 11 is 1.79. The molecule has 110 valence electrons. The molecule has 2 bridgehead atoms. The van der Waals surface area contributed by atoms with E-state index in [9.17, 15) is 0 Å². The first-order valence-corrected chi connectivity index (χ1v) is 8.67. The lowest BCUT2D eigenvalue weighted by atomic mass is 10.1. The minimum atomic E-state index is 0.710. The molecule has 0 radical (unpaired) electrons. The summed E-state index contributed by atoms with van der Waals surface area (Å²) in [6.45, 7) is 2.28. The van der Waals surface area contributed by atoms with Crippen molar-refractivity contribution >= 4 is 16.5 Å². The second-order valence-electron chi connectivity index (χ2n) is 6.17. The number of fused-ring (bicyclic) bond motifs is 2. The molecule has 2 fully saturated rings. The monoisotopic (exact) mass is 299 g/mol. The van der Waals surface area contributed by atoms with Gasteiger partial charge >= 0.3 is 0 Å². The molecule has 4 heteroatoms. The van der Waals surface area contributed by atoms with E-state index >= 15 is 0 Å². The van der Waals surface area contributed by atoms with Crippen molar-refractivity contribution in [1.82, 2.24) is 9.88 Å². The molecule has 2 aromatic rings. The van der Waals surface area contributed by atoms with Crippen LogP contribution in [0.15, 0.2) is 35.7 Å². The van der Waals surface area contributed by atoms with Crippen molar-refractivity contribution in [3.8, 4) is 11.3 Å². The van der Waals surface area contributed by atoms with Gasteiger partial charge in [-0.25, -0.2) is 4.98 Å². The number of likely N-dealkylation sites (N-methyl/N-ethyl adjacent to an activating group) is 1. The van der Waals surface area contributed by atoms with E-state index in [0.717, 1.165) is 24.8 Å². The summed E-state index contributed by atoms with van der Waals surface area (Å²) in [7, 11) is 2.29. The Balaban J connectivity index is 1.56. The van der Waals surface area contributed by atoms with E-state index in [4.69, 9.17) is 4.98 Å². The predicted molar refractivity (Wildman–Crippen MR) is 89.0 cm³/mol. The third-order valence-corrected chi connectivity index (χ3v) is 5.88. The molecule has 1 aromatic heterocycles. The van der Waals surface area contributed by atoms with E-state index in [-0.39, 0.29) is 0 Å². The van der Waals surface area contributed by atoms with E-state index in [1.165, 1.54) is 30.0 Å². The van der Waals surface area contributed by atoms with Crippen LogP contribution in [0.3, 0.4) is 0 Å². The molecule has 3 heterocycles. The van der Waals surface area contributed by atoms with Crippen molar-refractivity contribution in [3.63, 3.8) is 0 Å². The molecule has 0 N–H and O–H groups in total. The number of thiazole rings is 1. The quantitative estimate of drug-likeness (QED) is 0.846. The third-order valence-electron chi connectivity index (χ3n) is 4.98. The van der Waals surface area contributed by atoms with Crippen LogP contribution in [0.5, 0.6) is 0 Å². The van der Waals surface area contributed by atoms with Crippen molar-refractivity contribution in [2.45, 2.75) is 31.3 Å². The normalized spacial score (nSPS) is 26.0. The highest BCUT2D eigenvalue weighted by Crippen LogP contribution is 2.33. The van der Waals surface area contributed by atoms with Crippen LogP contribution in [-0.2, 0) is 0 Å². The van der Waals surface area contributed by atoms with Gasteiger partial charge in [0.25, 0.3) is 0 Å². The Hall–Kier alpha value is -1.39. The molecule has 2 aliphatic heterocycles. The fourth-order valence-electron chi connectivity index (χ4n) is 3.63. The van der Waals surface area contributed by atoms with Crippen molar-refractivity contribution < 1.29 is 0 Å². The van der Waals surface area contributed by atoms with E-state index in [1.807, 2.05) is 0 Å². The first kappa shape index (κ1) is 13.3. The molecule has 0 spiro atoms. The van der Waals surface area contributed by atoms with Crippen LogP contribution in [0.25, 0.3) is 11.3 Å². The van der Waals surface area contributed by atoms with Crippen LogP contribution in [0.1, 0.15) is 19.3 Å². The number of hydrogen-bond donors (Lipinski definition) is 0. The Labute approximate surface area is 130 Å². The number of anilines is 1. The average Bonchev–Trinajstić information content (AvgIpc) is 3.06. The summed E-state index contributed by atoms with van der Waals surface area (Å²) in [5, 5.41) is 3.38. The van der Waals surface area contributed by atoms with Gasteiger partial charge in [-0.3, -0.25) is 4.90 Å². The zero-order chi connectivity index (χ0) is 14.2. The largest absolute Gasteiger partial charge is 0.346 e. The Bertz CT molecular complexity index is 610. The summed E-state index contributed by atoms with van der Waals surface area (Å²) in [4.78, 5) is 9.97. The lowest BCUT2D eigenvalue weighted by Gasteiger charge is -2.25. The van der Waals surface area contributed by atoms with E-state index in [2.05, 4.69) is 52.6 Å². The van der Waals surface area contributed by atoms with Crippen LogP contribution < -0.4 is 4.90 Å². The zero-order valence-electron chi connectivity index (χ0n) is 12.4. The standard InChI is InChI=1S/C17H21N3S/c1-19-14-7-8-15(19)11-20(10-9-14)17-18-16(12-21-17)13-5-3-2-4-6-13/h2-6,12,14-15H,7-11H2,1H3/t14-,15-/m0/s1. The fraction of sp³-hybridized carbons (Fsp3) is 0.471. The molecule has 0 amide bonds. The number of nitrogens with zero attached hydrogens (tertiary/aromatic N) is 3. The van der Waals surface area contributed by atoms with Gasteiger partial charge in [-0.15, -0.1) is 11.3 Å². The number of hydrogen-bond acceptors (Lipinski definition) is 4. The lowest BCUT2D eigenvalue weighted by molar-refractivity contribution is 0.254. The summed E-state index contributed by atoms with van der Waals surface area (Å²) in [5.41, 5.74) is 2.33. The smallest absolute Gasteiger partial charge is 0.185 e. The molecule has 3 nitrogen and oxygen atoms in total. The molecule has 0 unspecified atom stereocenters. The topological polar surface area (TPSA) is 19.4 Å². The average molecular weight is 299 g/mol. The van der Waals surface area contributed by atoms with Gasteiger partial charge in [0, 0.05) is 36.1 Å². The van der Waals surface area contributed by atoms with Crippen LogP contribution in [0.4, 0.5) is 5.13 Å². The van der Waals surface area contributed by atoms with E-state index < -0.39 is 0 Å². The molecule has 2 atom stereocenters. The highest BCUT2D eigenvalue weighted by atomic mass is 32.1. The van der Waals surface area contributed by atoms with Crippen molar-refractivity contribution in [1.29, 1.82) is 0 Å². The van der Waals surface area contributed by atoms with Crippen molar-refractivity contribution in [3.05, 3.63) is 35.7 Å².